The number of nitrogens with two attached hydrogens (primary N) is 1. The number of aryl methyl sites for hydroxylation is 2. The second kappa shape index (κ2) is 12.2. The number of fused-ring (bicyclic) bond motifs is 1. The largest absolute Gasteiger partial charge is 0.370 e. The molecule has 2 unspecified atom stereocenters. The third-order valence-electron chi connectivity index (χ3n) is 6.05. The maximum absolute atomic E-state index is 7.66. The van der Waals surface area contributed by atoms with E-state index in [0.717, 1.165) is 48.0 Å². The second-order valence-electron chi connectivity index (χ2n) is 8.47. The van der Waals surface area contributed by atoms with Crippen LogP contribution in [0.1, 0.15) is 48.2 Å². The summed E-state index contributed by atoms with van der Waals surface area (Å²) in [5.41, 5.74) is 9.98. The molecule has 2 atom stereocenters. The van der Waals surface area contributed by atoms with Crippen LogP contribution in [0.5, 0.6) is 0 Å². The summed E-state index contributed by atoms with van der Waals surface area (Å²) in [5, 5.41) is 16.1. The molecule has 1 fully saturated rings. The average molecular weight is 522 g/mol. The van der Waals surface area contributed by atoms with E-state index >= 15 is 0 Å². The molecular weight excluding hydrogens is 491 g/mol. The number of rotatable bonds is 5. The van der Waals surface area contributed by atoms with Crippen molar-refractivity contribution < 1.29 is 0 Å². The molecule has 1 heterocycles. The van der Waals surface area contributed by atoms with Crippen LogP contribution in [0.3, 0.4) is 0 Å². The van der Waals surface area contributed by atoms with Crippen molar-refractivity contribution in [2.45, 2.75) is 51.6 Å². The highest BCUT2D eigenvalue weighted by atomic mass is 35.5. The Balaban J connectivity index is 0.00000204. The molecule has 0 amide bonds. The minimum Gasteiger partial charge on any atom is -0.370 e. The molecule has 0 aliphatic heterocycles. The zero-order chi connectivity index (χ0) is 22.7. The molecule has 1 aliphatic carbocycles. The number of nitrogens with zero attached hydrogens (tertiary/aromatic N) is 2. The van der Waals surface area contributed by atoms with Crippen LogP contribution in [0.25, 0.3) is 23.1 Å². The molecule has 34 heavy (non-hydrogen) atoms. The van der Waals surface area contributed by atoms with E-state index < -0.39 is 0 Å². The lowest BCUT2D eigenvalue weighted by molar-refractivity contribution is 0.377. The Kier molecular flexibility index (Phi) is 9.98. The van der Waals surface area contributed by atoms with Gasteiger partial charge in [-0.1, -0.05) is 42.7 Å². The number of anilines is 1. The SMILES string of the molecule is Cc1cc2nc(/C=C/c3ccc(Cl)cc3)nc(NC3CCCCC3NC(=N)N)c2cc1C.Cl.Cl. The molecular formula is C25H31Cl3N6. The number of guanidine groups is 1. The molecule has 2 aromatic carbocycles. The second-order valence-corrected chi connectivity index (χ2v) is 8.91. The Morgan fingerprint density at radius 3 is 2.32 bits per heavy atom. The fraction of sp³-hybridized carbons (Fsp3) is 0.320. The van der Waals surface area contributed by atoms with Gasteiger partial charge in [0.1, 0.15) is 5.82 Å². The minimum atomic E-state index is 0. The van der Waals surface area contributed by atoms with Crippen LogP contribution in [0, 0.1) is 19.3 Å². The number of halogens is 3. The van der Waals surface area contributed by atoms with Gasteiger partial charge in [0.2, 0.25) is 0 Å². The maximum atomic E-state index is 7.66. The summed E-state index contributed by atoms with van der Waals surface area (Å²) in [6.45, 7) is 4.20. The van der Waals surface area contributed by atoms with Crippen molar-refractivity contribution in [2.75, 3.05) is 5.32 Å². The van der Waals surface area contributed by atoms with Crippen LogP contribution in [-0.2, 0) is 0 Å². The highest BCUT2D eigenvalue weighted by molar-refractivity contribution is 6.30. The van der Waals surface area contributed by atoms with E-state index in [-0.39, 0.29) is 42.9 Å². The number of hydrogen-bond acceptors (Lipinski definition) is 4. The van der Waals surface area contributed by atoms with Gasteiger partial charge in [0, 0.05) is 22.5 Å². The van der Waals surface area contributed by atoms with E-state index in [1.54, 1.807) is 0 Å². The van der Waals surface area contributed by atoms with Crippen LogP contribution in [0.4, 0.5) is 5.82 Å². The zero-order valence-corrected chi connectivity index (χ0v) is 21.7. The van der Waals surface area contributed by atoms with E-state index in [1.807, 2.05) is 36.4 Å². The highest BCUT2D eigenvalue weighted by Gasteiger charge is 2.26. The molecule has 0 saturated heterocycles. The average Bonchev–Trinajstić information content (AvgIpc) is 2.75. The van der Waals surface area contributed by atoms with Crippen LogP contribution >= 0.6 is 36.4 Å². The molecule has 1 aliphatic rings. The van der Waals surface area contributed by atoms with E-state index in [2.05, 4.69) is 36.6 Å². The van der Waals surface area contributed by atoms with Crippen LogP contribution < -0.4 is 16.4 Å². The van der Waals surface area contributed by atoms with E-state index in [0.29, 0.717) is 10.8 Å². The number of aromatic nitrogens is 2. The molecule has 182 valence electrons. The van der Waals surface area contributed by atoms with Gasteiger partial charge in [-0.05, 0) is 73.7 Å². The molecule has 1 saturated carbocycles. The van der Waals surface area contributed by atoms with Crippen molar-refractivity contribution in [1.82, 2.24) is 15.3 Å². The van der Waals surface area contributed by atoms with Gasteiger partial charge >= 0.3 is 0 Å². The Morgan fingerprint density at radius 1 is 1.00 bits per heavy atom. The van der Waals surface area contributed by atoms with Gasteiger partial charge in [-0.15, -0.1) is 24.8 Å². The van der Waals surface area contributed by atoms with Crippen molar-refractivity contribution in [3.8, 4) is 0 Å². The lowest BCUT2D eigenvalue weighted by atomic mass is 9.90. The molecule has 0 spiro atoms. The van der Waals surface area contributed by atoms with E-state index in [1.165, 1.54) is 11.1 Å². The third-order valence-corrected chi connectivity index (χ3v) is 6.30. The van der Waals surface area contributed by atoms with Crippen molar-refractivity contribution in [3.05, 3.63) is 63.9 Å². The lowest BCUT2D eigenvalue weighted by Gasteiger charge is -2.33. The van der Waals surface area contributed by atoms with Crippen LogP contribution in [0.2, 0.25) is 5.02 Å². The normalized spacial score (nSPS) is 17.6. The zero-order valence-electron chi connectivity index (χ0n) is 19.3. The lowest BCUT2D eigenvalue weighted by Crippen LogP contribution is -2.50. The molecule has 0 radical (unpaired) electrons. The number of benzene rings is 2. The Bertz CT molecular complexity index is 1160. The Hall–Kier alpha value is -2.54. The summed E-state index contributed by atoms with van der Waals surface area (Å²) < 4.78 is 0. The number of hydrogen-bond donors (Lipinski definition) is 4. The summed E-state index contributed by atoms with van der Waals surface area (Å²) >= 11 is 6.00. The van der Waals surface area contributed by atoms with E-state index in [9.17, 15) is 0 Å². The first-order chi connectivity index (χ1) is 15.4. The predicted molar refractivity (Wildman–Crippen MR) is 149 cm³/mol. The molecule has 6 nitrogen and oxygen atoms in total. The quantitative estimate of drug-likeness (QED) is 0.239. The smallest absolute Gasteiger partial charge is 0.185 e. The van der Waals surface area contributed by atoms with Crippen molar-refractivity contribution >= 4 is 71.2 Å². The summed E-state index contributed by atoms with van der Waals surface area (Å²) in [7, 11) is 0. The monoisotopic (exact) mass is 520 g/mol. The van der Waals surface area contributed by atoms with Gasteiger partial charge in [-0.25, -0.2) is 9.97 Å². The number of nitrogens with one attached hydrogen (secondary N) is 3. The Morgan fingerprint density at radius 2 is 1.65 bits per heavy atom. The standard InChI is InChI=1S/C25H29ClN6.2ClH/c1-15-13-19-22(14-16(15)2)29-23(12-9-17-7-10-18(26)11-8-17)32-24(19)30-20-5-3-4-6-21(20)31-25(27)28;;/h7-14,20-21H,3-6H2,1-2H3,(H4,27,28,31)(H,29,30,32);2*1H/b12-9+;;. The molecule has 9 heteroatoms. The maximum Gasteiger partial charge on any atom is 0.185 e. The topological polar surface area (TPSA) is 99.7 Å². The third kappa shape index (κ3) is 6.75. The van der Waals surface area contributed by atoms with Crippen molar-refractivity contribution in [1.29, 1.82) is 5.41 Å². The van der Waals surface area contributed by atoms with Crippen LogP contribution in [0.15, 0.2) is 36.4 Å². The predicted octanol–water partition coefficient (Wildman–Crippen LogP) is 6.12. The molecule has 3 aromatic rings. The van der Waals surface area contributed by atoms with Gasteiger partial charge in [0.15, 0.2) is 11.8 Å². The van der Waals surface area contributed by atoms with Crippen molar-refractivity contribution in [2.24, 2.45) is 5.73 Å². The fourth-order valence-electron chi connectivity index (χ4n) is 4.19. The first-order valence-corrected chi connectivity index (χ1v) is 11.4. The molecule has 1 aromatic heterocycles. The van der Waals surface area contributed by atoms with E-state index in [4.69, 9.17) is 32.7 Å². The minimum absolute atomic E-state index is 0. The van der Waals surface area contributed by atoms with Crippen molar-refractivity contribution in [3.63, 3.8) is 0 Å². The Labute approximate surface area is 218 Å². The first-order valence-electron chi connectivity index (χ1n) is 11.0. The van der Waals surface area contributed by atoms with Gasteiger partial charge < -0.3 is 16.4 Å². The summed E-state index contributed by atoms with van der Waals surface area (Å²) in [5.74, 6) is 1.47. The fourth-order valence-corrected chi connectivity index (χ4v) is 4.31. The van der Waals surface area contributed by atoms with Gasteiger partial charge in [0.05, 0.1) is 5.52 Å². The highest BCUT2D eigenvalue weighted by Crippen LogP contribution is 2.28. The van der Waals surface area contributed by atoms with Gasteiger partial charge in [-0.2, -0.15) is 0 Å². The summed E-state index contributed by atoms with van der Waals surface area (Å²) in [4.78, 5) is 9.66. The molecule has 0 bridgehead atoms. The summed E-state index contributed by atoms with van der Waals surface area (Å²) in [6, 6.07) is 12.2. The molecule has 5 N–H and O–H groups in total. The first kappa shape index (κ1) is 27.7. The van der Waals surface area contributed by atoms with Crippen LogP contribution in [-0.4, -0.2) is 28.0 Å². The van der Waals surface area contributed by atoms with Gasteiger partial charge in [0.25, 0.3) is 0 Å². The van der Waals surface area contributed by atoms with Gasteiger partial charge in [-0.3, -0.25) is 5.41 Å². The molecule has 4 rings (SSSR count). The summed E-state index contributed by atoms with van der Waals surface area (Å²) in [6.07, 6.45) is 8.15.